The molecule has 0 amide bonds. The van der Waals surface area contributed by atoms with Crippen molar-refractivity contribution in [2.24, 2.45) is 0 Å². The molecule has 4 N–H and O–H groups in total. The van der Waals surface area contributed by atoms with Crippen molar-refractivity contribution in [3.8, 4) is 11.5 Å². The summed E-state index contributed by atoms with van der Waals surface area (Å²) in [7, 11) is 0. The van der Waals surface area contributed by atoms with Crippen LogP contribution in [0.25, 0.3) is 0 Å². The van der Waals surface area contributed by atoms with Crippen LogP contribution in [-0.4, -0.2) is 13.2 Å². The van der Waals surface area contributed by atoms with Gasteiger partial charge in [-0.05, 0) is 49.2 Å². The Kier molecular flexibility index (Phi) is 9.26. The average Bonchev–Trinajstić information content (AvgIpc) is 2.65. The highest BCUT2D eigenvalue weighted by atomic mass is 16.5. The van der Waals surface area contributed by atoms with Crippen molar-refractivity contribution in [2.75, 3.05) is 24.7 Å². The van der Waals surface area contributed by atoms with Crippen LogP contribution in [0, 0.1) is 0 Å². The molecule has 0 aliphatic carbocycles. The number of hydrogen-bond acceptors (Lipinski definition) is 4. The fourth-order valence-corrected chi connectivity index (χ4v) is 2.81. The van der Waals surface area contributed by atoms with Gasteiger partial charge in [-0.15, -0.1) is 0 Å². The highest BCUT2D eigenvalue weighted by molar-refractivity contribution is 5.51. The van der Waals surface area contributed by atoms with Crippen molar-refractivity contribution in [3.63, 3.8) is 0 Å². The second-order valence-corrected chi connectivity index (χ2v) is 6.63. The molecule has 0 saturated carbocycles. The second-order valence-electron chi connectivity index (χ2n) is 6.63. The van der Waals surface area contributed by atoms with Gasteiger partial charge in [0.2, 0.25) is 0 Å². The first-order valence-electron chi connectivity index (χ1n) is 9.71. The van der Waals surface area contributed by atoms with Crippen molar-refractivity contribution in [3.05, 3.63) is 48.5 Å². The molecule has 0 aromatic heterocycles. The number of benzene rings is 2. The fourth-order valence-electron chi connectivity index (χ4n) is 2.81. The van der Waals surface area contributed by atoms with Gasteiger partial charge in [-0.3, -0.25) is 0 Å². The molecule has 0 radical (unpaired) electrons. The Labute approximate surface area is 157 Å². The molecule has 0 bridgehead atoms. The van der Waals surface area contributed by atoms with Gasteiger partial charge < -0.3 is 20.9 Å². The van der Waals surface area contributed by atoms with Crippen LogP contribution in [0.3, 0.4) is 0 Å². The molecule has 142 valence electrons. The number of nitrogen functional groups attached to an aromatic ring is 2. The van der Waals surface area contributed by atoms with E-state index in [0.717, 1.165) is 43.2 Å². The van der Waals surface area contributed by atoms with Gasteiger partial charge in [-0.1, -0.05) is 50.7 Å². The molecule has 0 fully saturated rings. The molecule has 2 aromatic carbocycles. The van der Waals surface area contributed by atoms with E-state index in [1.807, 2.05) is 48.5 Å². The van der Waals surface area contributed by atoms with Gasteiger partial charge in [0.15, 0.2) is 0 Å². The minimum atomic E-state index is 0.716. The Morgan fingerprint density at radius 3 is 1.73 bits per heavy atom. The van der Waals surface area contributed by atoms with E-state index in [4.69, 9.17) is 20.9 Å². The molecule has 0 unspecified atom stereocenters. The lowest BCUT2D eigenvalue weighted by molar-refractivity contribution is 0.302. The van der Waals surface area contributed by atoms with Gasteiger partial charge >= 0.3 is 0 Å². The van der Waals surface area contributed by atoms with E-state index in [9.17, 15) is 0 Å². The van der Waals surface area contributed by atoms with Crippen molar-refractivity contribution in [1.82, 2.24) is 0 Å². The Morgan fingerprint density at radius 1 is 0.577 bits per heavy atom. The van der Waals surface area contributed by atoms with E-state index in [0.29, 0.717) is 5.69 Å². The predicted octanol–water partition coefficient (Wildman–Crippen LogP) is 5.43. The normalized spacial score (nSPS) is 10.6. The van der Waals surface area contributed by atoms with Gasteiger partial charge in [0.1, 0.15) is 11.5 Å². The van der Waals surface area contributed by atoms with E-state index in [2.05, 4.69) is 0 Å². The molecule has 0 heterocycles. The predicted molar refractivity (Wildman–Crippen MR) is 110 cm³/mol. The number of para-hydroxylation sites is 2. The highest BCUT2D eigenvalue weighted by Crippen LogP contribution is 2.20. The lowest BCUT2D eigenvalue weighted by Crippen LogP contribution is -2.00. The summed E-state index contributed by atoms with van der Waals surface area (Å²) in [6.07, 6.45) is 9.79. The highest BCUT2D eigenvalue weighted by Gasteiger charge is 1.98. The Morgan fingerprint density at radius 2 is 1.12 bits per heavy atom. The Bertz CT molecular complexity index is 614. The second kappa shape index (κ2) is 12.1. The quantitative estimate of drug-likeness (QED) is 0.371. The molecule has 0 atom stereocenters. The Hall–Kier alpha value is -2.36. The van der Waals surface area contributed by atoms with Gasteiger partial charge in [0.05, 0.1) is 18.9 Å². The molecule has 0 aliphatic rings. The third kappa shape index (κ3) is 8.15. The Balaban J connectivity index is 1.36. The van der Waals surface area contributed by atoms with Crippen molar-refractivity contribution in [2.45, 2.75) is 51.4 Å². The van der Waals surface area contributed by atoms with E-state index < -0.39 is 0 Å². The van der Waals surface area contributed by atoms with Crippen LogP contribution in [0.2, 0.25) is 0 Å². The van der Waals surface area contributed by atoms with E-state index in [1.54, 1.807) is 0 Å². The maximum Gasteiger partial charge on any atom is 0.142 e. The van der Waals surface area contributed by atoms with E-state index in [1.165, 1.54) is 38.5 Å². The summed E-state index contributed by atoms with van der Waals surface area (Å²) in [6.45, 7) is 1.53. The van der Waals surface area contributed by atoms with Crippen LogP contribution >= 0.6 is 0 Å². The molecule has 0 saturated heterocycles. The lowest BCUT2D eigenvalue weighted by atomic mass is 10.1. The van der Waals surface area contributed by atoms with Crippen LogP contribution in [0.4, 0.5) is 11.4 Å². The summed E-state index contributed by atoms with van der Waals surface area (Å²) in [4.78, 5) is 0. The first-order chi connectivity index (χ1) is 12.8. The molecular weight excluding hydrogens is 324 g/mol. The number of unbranched alkanes of at least 4 members (excludes halogenated alkanes) is 7. The molecule has 0 spiro atoms. The van der Waals surface area contributed by atoms with Crippen LogP contribution in [0.5, 0.6) is 11.5 Å². The molecule has 0 aliphatic heterocycles. The minimum Gasteiger partial charge on any atom is -0.494 e. The van der Waals surface area contributed by atoms with Gasteiger partial charge in [0.25, 0.3) is 0 Å². The fraction of sp³-hybridized carbons (Fsp3) is 0.455. The summed E-state index contributed by atoms with van der Waals surface area (Å²) in [5.41, 5.74) is 13.0. The number of nitrogens with two attached hydrogens (primary N) is 2. The zero-order chi connectivity index (χ0) is 18.5. The average molecular weight is 357 g/mol. The maximum atomic E-state index is 5.85. The first-order valence-corrected chi connectivity index (χ1v) is 9.71. The summed E-state index contributed by atoms with van der Waals surface area (Å²) in [5, 5.41) is 0. The third-order valence-electron chi connectivity index (χ3n) is 4.36. The molecule has 4 heteroatoms. The SMILES string of the molecule is Nc1ccc(OCCCCCCCCCCOc2ccccc2N)cc1. The van der Waals surface area contributed by atoms with E-state index >= 15 is 0 Å². The first kappa shape index (κ1) is 20.0. The molecule has 2 aromatic rings. The summed E-state index contributed by atoms with van der Waals surface area (Å²) < 4.78 is 11.4. The minimum absolute atomic E-state index is 0.716. The van der Waals surface area contributed by atoms with Crippen molar-refractivity contribution < 1.29 is 9.47 Å². The standard InChI is InChI=1S/C22H32N2O2/c23-19-13-15-20(16-14-19)25-17-9-5-3-1-2-4-6-10-18-26-22-12-8-7-11-21(22)24/h7-8,11-16H,1-6,9-10,17-18,23-24H2. The smallest absolute Gasteiger partial charge is 0.142 e. The van der Waals surface area contributed by atoms with Crippen molar-refractivity contribution in [1.29, 1.82) is 0 Å². The monoisotopic (exact) mass is 356 g/mol. The number of rotatable bonds is 13. The summed E-state index contributed by atoms with van der Waals surface area (Å²) >= 11 is 0. The lowest BCUT2D eigenvalue weighted by Gasteiger charge is -2.08. The van der Waals surface area contributed by atoms with Gasteiger partial charge in [-0.2, -0.15) is 0 Å². The summed E-state index contributed by atoms with van der Waals surface area (Å²) in [6, 6.07) is 15.3. The molecular formula is C22H32N2O2. The molecule has 2 rings (SSSR count). The zero-order valence-electron chi connectivity index (χ0n) is 15.7. The largest absolute Gasteiger partial charge is 0.494 e. The number of hydrogen-bond donors (Lipinski definition) is 2. The topological polar surface area (TPSA) is 70.5 Å². The van der Waals surface area contributed by atoms with Crippen LogP contribution in [0.15, 0.2) is 48.5 Å². The molecule has 26 heavy (non-hydrogen) atoms. The van der Waals surface area contributed by atoms with Crippen molar-refractivity contribution >= 4 is 11.4 Å². The maximum absolute atomic E-state index is 5.85. The third-order valence-corrected chi connectivity index (χ3v) is 4.36. The zero-order valence-corrected chi connectivity index (χ0v) is 15.7. The number of anilines is 2. The number of ether oxygens (including phenoxy) is 2. The molecule has 4 nitrogen and oxygen atoms in total. The van der Waals surface area contributed by atoms with Crippen LogP contribution in [-0.2, 0) is 0 Å². The van der Waals surface area contributed by atoms with Gasteiger partial charge in [0, 0.05) is 5.69 Å². The van der Waals surface area contributed by atoms with Gasteiger partial charge in [-0.25, -0.2) is 0 Å². The van der Waals surface area contributed by atoms with E-state index in [-0.39, 0.29) is 0 Å². The van der Waals surface area contributed by atoms with Crippen LogP contribution < -0.4 is 20.9 Å². The summed E-state index contributed by atoms with van der Waals surface area (Å²) in [5.74, 6) is 1.70. The van der Waals surface area contributed by atoms with Crippen LogP contribution in [0.1, 0.15) is 51.4 Å².